The number of aromatic nitrogens is 7. The second-order valence-corrected chi connectivity index (χ2v) is 7.99. The van der Waals surface area contributed by atoms with Crippen LogP contribution in [0.3, 0.4) is 0 Å². The van der Waals surface area contributed by atoms with Gasteiger partial charge in [0, 0.05) is 6.07 Å². The molecule has 1 aliphatic rings. The molecule has 0 radical (unpaired) electrons. The lowest BCUT2D eigenvalue weighted by atomic mass is 10.00. The van der Waals surface area contributed by atoms with Crippen LogP contribution in [0.15, 0.2) is 36.9 Å². The van der Waals surface area contributed by atoms with E-state index in [1.165, 1.54) is 35.7 Å². The molecule has 1 saturated carbocycles. The summed E-state index contributed by atoms with van der Waals surface area (Å²) in [4.78, 5) is 22.3. The maximum Gasteiger partial charge on any atom is 0.400 e. The third kappa shape index (κ3) is 3.63. The summed E-state index contributed by atoms with van der Waals surface area (Å²) in [6.45, 7) is 1.76. The van der Waals surface area contributed by atoms with E-state index in [9.17, 15) is 18.0 Å². The first-order valence-corrected chi connectivity index (χ1v) is 10.1. The number of carbonyl (C=O) groups is 1. The molecule has 4 aromatic heterocycles. The summed E-state index contributed by atoms with van der Waals surface area (Å²) in [5.74, 6) is 0.472. The minimum Gasteiger partial charge on any atom is -0.306 e. The summed E-state index contributed by atoms with van der Waals surface area (Å²) in [6.07, 6.45) is 0.769. The number of amides is 2. The molecule has 14 heteroatoms. The highest BCUT2D eigenvalue weighted by Crippen LogP contribution is 2.60. The topological polar surface area (TPSA) is 115 Å². The summed E-state index contributed by atoms with van der Waals surface area (Å²) in [7, 11) is 0. The molecular formula is C19H15ClF3N9O. The minimum atomic E-state index is -4.54. The lowest BCUT2D eigenvalue weighted by Gasteiger charge is -2.23. The van der Waals surface area contributed by atoms with Crippen molar-refractivity contribution in [3.05, 3.63) is 53.3 Å². The van der Waals surface area contributed by atoms with Gasteiger partial charge in [-0.15, -0.1) is 4.80 Å². The van der Waals surface area contributed by atoms with Gasteiger partial charge in [0.15, 0.2) is 16.6 Å². The molecule has 0 bridgehead atoms. The van der Waals surface area contributed by atoms with Gasteiger partial charge in [0.1, 0.15) is 5.41 Å². The molecule has 0 saturated heterocycles. The number of aryl methyl sites for hydroxylation is 1. The lowest BCUT2D eigenvalue weighted by Crippen LogP contribution is -2.33. The van der Waals surface area contributed by atoms with E-state index in [1.54, 1.807) is 13.0 Å². The minimum absolute atomic E-state index is 0.00311. The summed E-state index contributed by atoms with van der Waals surface area (Å²) in [5, 5.41) is 17.0. The number of nitrogens with zero attached hydrogens (tertiary/aromatic N) is 7. The van der Waals surface area contributed by atoms with Crippen LogP contribution in [0.4, 0.5) is 29.3 Å². The van der Waals surface area contributed by atoms with E-state index < -0.39 is 17.6 Å². The Hall–Kier alpha value is -3.74. The Kier molecular flexibility index (Phi) is 4.74. The van der Waals surface area contributed by atoms with Crippen LogP contribution in [-0.4, -0.2) is 46.8 Å². The second-order valence-electron chi connectivity index (χ2n) is 7.60. The average molecular weight is 478 g/mol. The van der Waals surface area contributed by atoms with E-state index >= 15 is 0 Å². The predicted octanol–water partition coefficient (Wildman–Crippen LogP) is 3.90. The van der Waals surface area contributed by atoms with Gasteiger partial charge < -0.3 is 10.6 Å². The number of pyridine rings is 1. The zero-order valence-corrected chi connectivity index (χ0v) is 17.7. The smallest absolute Gasteiger partial charge is 0.306 e. The Balaban J connectivity index is 1.44. The summed E-state index contributed by atoms with van der Waals surface area (Å²) < 4.78 is 42.8. The van der Waals surface area contributed by atoms with Crippen LogP contribution in [0.25, 0.3) is 11.5 Å². The molecule has 170 valence electrons. The predicted molar refractivity (Wildman–Crippen MR) is 111 cm³/mol. The molecule has 1 fully saturated rings. The number of nitrogens with one attached hydrogen (secondary N) is 2. The third-order valence-corrected chi connectivity index (χ3v) is 5.55. The van der Waals surface area contributed by atoms with E-state index in [2.05, 4.69) is 35.9 Å². The van der Waals surface area contributed by atoms with Crippen LogP contribution in [0.5, 0.6) is 0 Å². The van der Waals surface area contributed by atoms with E-state index in [4.69, 9.17) is 11.6 Å². The molecule has 0 unspecified atom stereocenters. The van der Waals surface area contributed by atoms with Crippen LogP contribution in [0, 0.1) is 6.92 Å². The van der Waals surface area contributed by atoms with Crippen molar-refractivity contribution in [3.63, 3.8) is 0 Å². The number of halogens is 4. The zero-order valence-electron chi connectivity index (χ0n) is 16.9. The van der Waals surface area contributed by atoms with E-state index in [1.807, 2.05) is 0 Å². The first-order chi connectivity index (χ1) is 15.7. The number of fused-ring (bicyclic) bond motifs is 1. The third-order valence-electron chi connectivity index (χ3n) is 5.36. The SMILES string of the molecule is Cc1cc(NC(=O)Nc2cnc3cc(Cl)nn3c2C2(C(F)(F)F)CC2)cnc1-n1nccn1. The molecule has 0 atom stereocenters. The molecule has 2 N–H and O–H groups in total. The molecule has 0 aromatic carbocycles. The highest BCUT2D eigenvalue weighted by Gasteiger charge is 2.66. The van der Waals surface area contributed by atoms with Gasteiger partial charge in [-0.3, -0.25) is 0 Å². The Morgan fingerprint density at radius 1 is 1.12 bits per heavy atom. The van der Waals surface area contributed by atoms with Crippen molar-refractivity contribution >= 4 is 34.7 Å². The monoisotopic (exact) mass is 477 g/mol. The average Bonchev–Trinajstić information content (AvgIpc) is 3.20. The van der Waals surface area contributed by atoms with Crippen LogP contribution in [0.1, 0.15) is 24.1 Å². The van der Waals surface area contributed by atoms with Crippen LogP contribution in [-0.2, 0) is 5.41 Å². The number of hydrogen-bond acceptors (Lipinski definition) is 6. The summed E-state index contributed by atoms with van der Waals surface area (Å²) in [5.41, 5.74) is -1.31. The first kappa shape index (κ1) is 21.1. The largest absolute Gasteiger partial charge is 0.400 e. The Bertz CT molecular complexity index is 1360. The van der Waals surface area contributed by atoms with Crippen molar-refractivity contribution in [1.82, 2.24) is 34.6 Å². The molecule has 33 heavy (non-hydrogen) atoms. The molecule has 5 rings (SSSR count). The van der Waals surface area contributed by atoms with E-state index in [0.29, 0.717) is 17.1 Å². The molecule has 4 heterocycles. The molecule has 2 amide bonds. The van der Waals surface area contributed by atoms with Crippen molar-refractivity contribution in [2.75, 3.05) is 10.6 Å². The zero-order chi connectivity index (χ0) is 23.4. The highest BCUT2D eigenvalue weighted by atomic mass is 35.5. The lowest BCUT2D eigenvalue weighted by molar-refractivity contribution is -0.161. The van der Waals surface area contributed by atoms with Crippen LogP contribution < -0.4 is 10.6 Å². The quantitative estimate of drug-likeness (QED) is 0.460. The molecule has 10 nitrogen and oxygen atoms in total. The first-order valence-electron chi connectivity index (χ1n) is 9.71. The number of urea groups is 1. The van der Waals surface area contributed by atoms with Gasteiger partial charge in [0.25, 0.3) is 0 Å². The molecule has 0 spiro atoms. The Morgan fingerprint density at radius 3 is 2.48 bits per heavy atom. The number of alkyl halides is 3. The van der Waals surface area contributed by atoms with Gasteiger partial charge in [-0.05, 0) is 31.4 Å². The van der Waals surface area contributed by atoms with Gasteiger partial charge in [0.05, 0.1) is 41.9 Å². The molecule has 4 aromatic rings. The Morgan fingerprint density at radius 2 is 1.85 bits per heavy atom. The fourth-order valence-electron chi connectivity index (χ4n) is 3.69. The van der Waals surface area contributed by atoms with Crippen molar-refractivity contribution in [2.45, 2.75) is 31.4 Å². The summed E-state index contributed by atoms with van der Waals surface area (Å²) >= 11 is 5.90. The van der Waals surface area contributed by atoms with E-state index in [0.717, 1.165) is 4.52 Å². The number of rotatable bonds is 4. The van der Waals surface area contributed by atoms with Crippen molar-refractivity contribution in [3.8, 4) is 5.82 Å². The molecule has 1 aliphatic carbocycles. The Labute approximate surface area is 188 Å². The van der Waals surface area contributed by atoms with Gasteiger partial charge in [-0.25, -0.2) is 19.3 Å². The van der Waals surface area contributed by atoms with Crippen LogP contribution >= 0.6 is 11.6 Å². The summed E-state index contributed by atoms with van der Waals surface area (Å²) in [6, 6.07) is 2.23. The van der Waals surface area contributed by atoms with Crippen LogP contribution in [0.2, 0.25) is 5.15 Å². The van der Waals surface area contributed by atoms with Crippen molar-refractivity contribution in [2.24, 2.45) is 0 Å². The highest BCUT2D eigenvalue weighted by molar-refractivity contribution is 6.29. The fraction of sp³-hybridized carbons (Fsp3) is 0.263. The van der Waals surface area contributed by atoms with E-state index in [-0.39, 0.29) is 35.0 Å². The van der Waals surface area contributed by atoms with Gasteiger partial charge >= 0.3 is 12.2 Å². The van der Waals surface area contributed by atoms with Crippen molar-refractivity contribution < 1.29 is 18.0 Å². The second kappa shape index (κ2) is 7.40. The standard InChI is InChI=1S/C19H15ClF3N9O/c1-10-6-11(8-25-16(10)32-26-4-5-27-32)28-17(33)29-12-9-24-14-7-13(20)30-31(14)15(12)18(2-3-18)19(21,22)23/h4-9H,2-3H2,1H3,(H2,28,29,33). The maximum absolute atomic E-state index is 13.9. The molecular weight excluding hydrogens is 463 g/mol. The number of anilines is 2. The normalized spacial score (nSPS) is 14.9. The maximum atomic E-state index is 13.9. The number of carbonyl (C=O) groups excluding carboxylic acids is 1. The van der Waals surface area contributed by atoms with Gasteiger partial charge in [0.2, 0.25) is 0 Å². The van der Waals surface area contributed by atoms with Crippen molar-refractivity contribution in [1.29, 1.82) is 0 Å². The van der Waals surface area contributed by atoms with Gasteiger partial charge in [-0.2, -0.15) is 28.5 Å². The fourth-order valence-corrected chi connectivity index (χ4v) is 3.87. The van der Waals surface area contributed by atoms with Gasteiger partial charge in [-0.1, -0.05) is 11.6 Å². The number of hydrogen-bond donors (Lipinski definition) is 2. The molecule has 0 aliphatic heterocycles.